The van der Waals surface area contributed by atoms with Crippen molar-refractivity contribution in [3.63, 3.8) is 0 Å². The maximum atomic E-state index is 10.0. The van der Waals surface area contributed by atoms with Crippen molar-refractivity contribution in [2.75, 3.05) is 0 Å². The molecule has 5 heteroatoms. The maximum Gasteiger partial charge on any atom is 0.0896 e. The van der Waals surface area contributed by atoms with Crippen LogP contribution in [0.2, 0.25) is 0 Å². The van der Waals surface area contributed by atoms with Gasteiger partial charge in [-0.25, -0.2) is 0 Å². The van der Waals surface area contributed by atoms with Crippen LogP contribution in [0.4, 0.5) is 0 Å². The molecule has 4 nitrogen and oxygen atoms in total. The van der Waals surface area contributed by atoms with Crippen LogP contribution in [0.25, 0.3) is 0 Å². The molecule has 0 saturated carbocycles. The Labute approximate surface area is 111 Å². The summed E-state index contributed by atoms with van der Waals surface area (Å²) in [4.78, 5) is 1.03. The number of nitrogens with zero attached hydrogens (tertiary/aromatic N) is 2. The summed E-state index contributed by atoms with van der Waals surface area (Å²) >= 11 is 1.60. The minimum absolute atomic E-state index is 0.266. The fourth-order valence-electron chi connectivity index (χ4n) is 1.87. The lowest BCUT2D eigenvalue weighted by Crippen LogP contribution is -2.27. The van der Waals surface area contributed by atoms with E-state index < -0.39 is 0 Å². The van der Waals surface area contributed by atoms with Crippen LogP contribution >= 0.6 is 11.3 Å². The van der Waals surface area contributed by atoms with Gasteiger partial charge in [0.15, 0.2) is 0 Å². The first-order valence-corrected chi connectivity index (χ1v) is 6.95. The van der Waals surface area contributed by atoms with Crippen molar-refractivity contribution in [1.29, 1.82) is 0 Å². The Balaban J connectivity index is 1.76. The predicted molar refractivity (Wildman–Crippen MR) is 73.4 cm³/mol. The van der Waals surface area contributed by atoms with Gasteiger partial charge in [0, 0.05) is 36.3 Å². The fourth-order valence-corrected chi connectivity index (χ4v) is 2.60. The average Bonchev–Trinajstić information content (AvgIpc) is 2.97. The second-order valence-electron chi connectivity index (χ2n) is 4.57. The van der Waals surface area contributed by atoms with E-state index in [2.05, 4.69) is 17.3 Å². The number of aliphatic hydroxyl groups is 1. The zero-order valence-electron chi connectivity index (χ0n) is 10.7. The smallest absolute Gasteiger partial charge is 0.0896 e. The van der Waals surface area contributed by atoms with Gasteiger partial charge in [0.2, 0.25) is 0 Å². The molecule has 0 fully saturated rings. The molecule has 0 aliphatic carbocycles. The van der Waals surface area contributed by atoms with E-state index in [1.165, 1.54) is 0 Å². The number of aryl methyl sites for hydroxylation is 1. The molecule has 2 heterocycles. The molecule has 98 valence electrons. The molecular formula is C13H19N3OS. The van der Waals surface area contributed by atoms with Gasteiger partial charge in [-0.2, -0.15) is 5.10 Å². The minimum atomic E-state index is -0.374. The van der Waals surface area contributed by atoms with Crippen LogP contribution in [-0.2, 0) is 13.6 Å². The summed E-state index contributed by atoms with van der Waals surface area (Å²) in [5.74, 6) is 0. The van der Waals surface area contributed by atoms with Crippen molar-refractivity contribution in [2.24, 2.45) is 7.05 Å². The molecule has 0 spiro atoms. The third-order valence-corrected chi connectivity index (χ3v) is 3.83. The normalized spacial score (nSPS) is 14.6. The molecule has 0 unspecified atom stereocenters. The third kappa shape index (κ3) is 3.66. The van der Waals surface area contributed by atoms with Gasteiger partial charge in [-0.3, -0.25) is 4.68 Å². The van der Waals surface area contributed by atoms with Gasteiger partial charge in [-0.05, 0) is 24.8 Å². The standard InChI is InChI=1S/C13H19N3OS/c1-10(6-12(17)13-4-3-5-18-13)14-7-11-8-15-16(2)9-11/h3-5,8-10,12,14,17H,6-7H2,1-2H3/t10-,12-/m0/s1. The van der Waals surface area contributed by atoms with E-state index in [-0.39, 0.29) is 12.1 Å². The summed E-state index contributed by atoms with van der Waals surface area (Å²) in [6.45, 7) is 2.87. The Morgan fingerprint density at radius 2 is 2.39 bits per heavy atom. The van der Waals surface area contributed by atoms with Crippen molar-refractivity contribution < 1.29 is 5.11 Å². The molecule has 0 saturated heterocycles. The summed E-state index contributed by atoms with van der Waals surface area (Å²) in [5, 5.41) is 19.5. The number of aromatic nitrogens is 2. The lowest BCUT2D eigenvalue weighted by molar-refractivity contribution is 0.157. The van der Waals surface area contributed by atoms with Crippen molar-refractivity contribution in [3.05, 3.63) is 40.3 Å². The molecule has 2 aromatic heterocycles. The minimum Gasteiger partial charge on any atom is -0.388 e. The largest absolute Gasteiger partial charge is 0.388 e. The topological polar surface area (TPSA) is 50.1 Å². The Hall–Kier alpha value is -1.17. The van der Waals surface area contributed by atoms with Crippen LogP contribution < -0.4 is 5.32 Å². The monoisotopic (exact) mass is 265 g/mol. The highest BCUT2D eigenvalue weighted by molar-refractivity contribution is 7.10. The first kappa shape index (κ1) is 13.3. The SMILES string of the molecule is C[C@@H](C[C@H](O)c1cccs1)NCc1cnn(C)c1. The second kappa shape index (κ2) is 6.13. The third-order valence-electron chi connectivity index (χ3n) is 2.86. The highest BCUT2D eigenvalue weighted by atomic mass is 32.1. The summed E-state index contributed by atoms with van der Waals surface area (Å²) in [5.41, 5.74) is 1.16. The number of rotatable bonds is 6. The van der Waals surface area contributed by atoms with Gasteiger partial charge >= 0.3 is 0 Å². The van der Waals surface area contributed by atoms with Crippen LogP contribution in [0.5, 0.6) is 0 Å². The maximum absolute atomic E-state index is 10.0. The zero-order chi connectivity index (χ0) is 13.0. The first-order chi connectivity index (χ1) is 8.65. The molecule has 0 aromatic carbocycles. The lowest BCUT2D eigenvalue weighted by Gasteiger charge is -2.16. The number of aliphatic hydroxyl groups excluding tert-OH is 1. The number of thiophene rings is 1. The Kier molecular flexibility index (Phi) is 4.52. The molecule has 2 aromatic rings. The van der Waals surface area contributed by atoms with Crippen LogP contribution in [-0.4, -0.2) is 20.9 Å². The highest BCUT2D eigenvalue weighted by Crippen LogP contribution is 2.22. The number of hydrogen-bond donors (Lipinski definition) is 2. The Morgan fingerprint density at radius 3 is 3.00 bits per heavy atom. The molecule has 0 radical (unpaired) electrons. The zero-order valence-corrected chi connectivity index (χ0v) is 11.5. The van der Waals surface area contributed by atoms with Crippen LogP contribution in [0.3, 0.4) is 0 Å². The predicted octanol–water partition coefficient (Wildman–Crippen LogP) is 2.08. The molecule has 0 aliphatic heterocycles. The van der Waals surface area contributed by atoms with E-state index in [0.717, 1.165) is 23.4 Å². The molecule has 0 amide bonds. The van der Waals surface area contributed by atoms with Gasteiger partial charge in [0.25, 0.3) is 0 Å². The molecule has 2 rings (SSSR count). The quantitative estimate of drug-likeness (QED) is 0.841. The van der Waals surface area contributed by atoms with E-state index >= 15 is 0 Å². The second-order valence-corrected chi connectivity index (χ2v) is 5.55. The van der Waals surface area contributed by atoms with Crippen molar-refractivity contribution >= 4 is 11.3 Å². The average molecular weight is 265 g/mol. The van der Waals surface area contributed by atoms with Gasteiger partial charge in [0.05, 0.1) is 12.3 Å². The van der Waals surface area contributed by atoms with Crippen LogP contribution in [0, 0.1) is 0 Å². The molecule has 18 heavy (non-hydrogen) atoms. The van der Waals surface area contributed by atoms with Gasteiger partial charge in [-0.15, -0.1) is 11.3 Å². The van der Waals surface area contributed by atoms with E-state index in [1.54, 1.807) is 16.0 Å². The first-order valence-electron chi connectivity index (χ1n) is 6.07. The van der Waals surface area contributed by atoms with Crippen molar-refractivity contribution in [3.8, 4) is 0 Å². The lowest BCUT2D eigenvalue weighted by atomic mass is 10.1. The molecule has 0 bridgehead atoms. The molecule has 2 atom stereocenters. The van der Waals surface area contributed by atoms with Gasteiger partial charge in [-0.1, -0.05) is 6.07 Å². The number of hydrogen-bond acceptors (Lipinski definition) is 4. The highest BCUT2D eigenvalue weighted by Gasteiger charge is 2.13. The van der Waals surface area contributed by atoms with Gasteiger partial charge < -0.3 is 10.4 Å². The summed E-state index contributed by atoms with van der Waals surface area (Å²) in [7, 11) is 1.91. The molecule has 2 N–H and O–H groups in total. The summed E-state index contributed by atoms with van der Waals surface area (Å²) in [6.07, 6.45) is 4.20. The molecule has 0 aliphatic rings. The molecular weight excluding hydrogens is 246 g/mol. The fraction of sp³-hybridized carbons (Fsp3) is 0.462. The van der Waals surface area contributed by atoms with E-state index in [4.69, 9.17) is 0 Å². The van der Waals surface area contributed by atoms with Crippen molar-refractivity contribution in [2.45, 2.75) is 32.0 Å². The van der Waals surface area contributed by atoms with E-state index in [1.807, 2.05) is 37.0 Å². The van der Waals surface area contributed by atoms with Gasteiger partial charge in [0.1, 0.15) is 0 Å². The Bertz CT molecular complexity index is 466. The van der Waals surface area contributed by atoms with Crippen molar-refractivity contribution in [1.82, 2.24) is 15.1 Å². The summed E-state index contributed by atoms with van der Waals surface area (Å²) in [6, 6.07) is 4.21. The van der Waals surface area contributed by atoms with Crippen LogP contribution in [0.1, 0.15) is 29.9 Å². The van der Waals surface area contributed by atoms with Crippen LogP contribution in [0.15, 0.2) is 29.9 Å². The van der Waals surface area contributed by atoms with E-state index in [0.29, 0.717) is 0 Å². The Morgan fingerprint density at radius 1 is 1.56 bits per heavy atom. The number of nitrogens with one attached hydrogen (secondary N) is 1. The van der Waals surface area contributed by atoms with E-state index in [9.17, 15) is 5.11 Å². The summed E-state index contributed by atoms with van der Waals surface area (Å²) < 4.78 is 1.79.